The van der Waals surface area contributed by atoms with Crippen LogP contribution in [0.5, 0.6) is 0 Å². The van der Waals surface area contributed by atoms with Gasteiger partial charge in [0.15, 0.2) is 0 Å². The van der Waals surface area contributed by atoms with E-state index in [1.54, 1.807) is 0 Å². The summed E-state index contributed by atoms with van der Waals surface area (Å²) in [6, 6.07) is 5.85. The fourth-order valence-electron chi connectivity index (χ4n) is 2.29. The van der Waals surface area contributed by atoms with Gasteiger partial charge < -0.3 is 14.6 Å². The first-order chi connectivity index (χ1) is 8.45. The minimum absolute atomic E-state index is 0.0455. The molecule has 0 aromatic heterocycles. The summed E-state index contributed by atoms with van der Waals surface area (Å²) in [7, 11) is -0.337. The molecule has 1 fully saturated rings. The molecule has 94 valence electrons. The lowest BCUT2D eigenvalue weighted by molar-refractivity contribution is -0.115. The molecule has 2 heterocycles. The molecule has 1 unspecified atom stereocenters. The molecule has 1 aromatic rings. The molecular weight excluding hydrogens is 229 g/mol. The Labute approximate surface area is 107 Å². The van der Waals surface area contributed by atoms with Crippen molar-refractivity contribution in [3.05, 3.63) is 23.8 Å². The second kappa shape index (κ2) is 3.83. The predicted octanol–water partition coefficient (Wildman–Crippen LogP) is 1.09. The highest BCUT2D eigenvalue weighted by atomic mass is 16.7. The van der Waals surface area contributed by atoms with Crippen LogP contribution in [-0.2, 0) is 20.5 Å². The third-order valence-electron chi connectivity index (χ3n) is 3.74. The molecule has 2 aliphatic heterocycles. The van der Waals surface area contributed by atoms with E-state index in [4.69, 9.17) is 9.31 Å². The Balaban J connectivity index is 1.87. The topological polar surface area (TPSA) is 47.6 Å². The van der Waals surface area contributed by atoms with Gasteiger partial charge in [0.2, 0.25) is 5.91 Å². The quantitative estimate of drug-likeness (QED) is 0.753. The zero-order valence-corrected chi connectivity index (χ0v) is 10.8. The van der Waals surface area contributed by atoms with E-state index in [9.17, 15) is 4.79 Å². The number of nitrogens with one attached hydrogen (secondary N) is 1. The monoisotopic (exact) mass is 245 g/mol. The number of benzene rings is 1. The summed E-state index contributed by atoms with van der Waals surface area (Å²) < 4.78 is 11.7. The summed E-state index contributed by atoms with van der Waals surface area (Å²) >= 11 is 0. The first-order valence-corrected chi connectivity index (χ1v) is 6.22. The summed E-state index contributed by atoms with van der Waals surface area (Å²) in [6.45, 7) is 6.06. The SMILES string of the molecule is CC1OB(c2ccc3c(c2)CC(=O)N3)OC1(C)C. The van der Waals surface area contributed by atoms with Crippen molar-refractivity contribution in [3.8, 4) is 0 Å². The average Bonchev–Trinajstić information content (AvgIpc) is 2.77. The van der Waals surface area contributed by atoms with Crippen LogP contribution < -0.4 is 10.8 Å². The molecule has 0 bridgehead atoms. The van der Waals surface area contributed by atoms with E-state index < -0.39 is 0 Å². The molecule has 0 radical (unpaired) electrons. The fraction of sp³-hybridized carbons (Fsp3) is 0.462. The number of carbonyl (C=O) groups excluding carboxylic acids is 1. The molecule has 1 saturated heterocycles. The second-order valence-corrected chi connectivity index (χ2v) is 5.47. The number of hydrogen-bond acceptors (Lipinski definition) is 3. The molecule has 0 saturated carbocycles. The number of fused-ring (bicyclic) bond motifs is 1. The van der Waals surface area contributed by atoms with Crippen molar-refractivity contribution in [2.45, 2.75) is 38.9 Å². The minimum atomic E-state index is -0.337. The van der Waals surface area contributed by atoms with Crippen molar-refractivity contribution in [1.82, 2.24) is 0 Å². The van der Waals surface area contributed by atoms with Crippen molar-refractivity contribution in [1.29, 1.82) is 0 Å². The molecule has 0 aliphatic carbocycles. The first-order valence-electron chi connectivity index (χ1n) is 6.22. The van der Waals surface area contributed by atoms with E-state index in [1.165, 1.54) is 0 Å². The molecular formula is C13H16BNO3. The highest BCUT2D eigenvalue weighted by molar-refractivity contribution is 6.62. The normalized spacial score (nSPS) is 25.2. The highest BCUT2D eigenvalue weighted by Crippen LogP contribution is 2.28. The molecule has 1 aromatic carbocycles. The van der Waals surface area contributed by atoms with Crippen molar-refractivity contribution >= 4 is 24.2 Å². The summed E-state index contributed by atoms with van der Waals surface area (Å²) in [5.74, 6) is 0.0455. The van der Waals surface area contributed by atoms with Gasteiger partial charge in [0.25, 0.3) is 0 Å². The molecule has 18 heavy (non-hydrogen) atoms. The lowest BCUT2D eigenvalue weighted by Crippen LogP contribution is -2.34. The van der Waals surface area contributed by atoms with Crippen LogP contribution in [0.2, 0.25) is 0 Å². The Kier molecular flexibility index (Phi) is 2.50. The Morgan fingerprint density at radius 1 is 1.44 bits per heavy atom. The van der Waals surface area contributed by atoms with E-state index in [-0.39, 0.29) is 24.7 Å². The van der Waals surface area contributed by atoms with Gasteiger partial charge in [-0.3, -0.25) is 4.79 Å². The van der Waals surface area contributed by atoms with E-state index in [0.717, 1.165) is 16.7 Å². The standard InChI is InChI=1S/C13H16BNO3/c1-8-13(2,3)18-14(17-8)10-4-5-11-9(6-10)7-12(16)15-11/h4-6,8H,7H2,1-3H3,(H,15,16). The predicted molar refractivity (Wildman–Crippen MR) is 69.9 cm³/mol. The van der Waals surface area contributed by atoms with Crippen LogP contribution in [0.15, 0.2) is 18.2 Å². The maximum absolute atomic E-state index is 11.3. The molecule has 5 heteroatoms. The maximum Gasteiger partial charge on any atom is 0.494 e. The maximum atomic E-state index is 11.3. The first kappa shape index (κ1) is 11.7. The van der Waals surface area contributed by atoms with Gasteiger partial charge in [-0.05, 0) is 37.9 Å². The van der Waals surface area contributed by atoms with Crippen molar-refractivity contribution in [2.75, 3.05) is 5.32 Å². The van der Waals surface area contributed by atoms with Gasteiger partial charge in [-0.1, -0.05) is 12.1 Å². The van der Waals surface area contributed by atoms with Gasteiger partial charge in [-0.25, -0.2) is 0 Å². The fourth-order valence-corrected chi connectivity index (χ4v) is 2.29. The van der Waals surface area contributed by atoms with E-state index in [1.807, 2.05) is 39.0 Å². The third kappa shape index (κ3) is 1.83. The van der Waals surface area contributed by atoms with Gasteiger partial charge in [0.05, 0.1) is 18.1 Å². The lowest BCUT2D eigenvalue weighted by atomic mass is 9.78. The molecule has 4 nitrogen and oxygen atoms in total. The van der Waals surface area contributed by atoms with Crippen LogP contribution in [0.1, 0.15) is 26.3 Å². The molecule has 0 spiro atoms. The van der Waals surface area contributed by atoms with Gasteiger partial charge in [0.1, 0.15) is 0 Å². The van der Waals surface area contributed by atoms with Gasteiger partial charge in [0, 0.05) is 5.69 Å². The van der Waals surface area contributed by atoms with Gasteiger partial charge in [-0.15, -0.1) is 0 Å². The number of carbonyl (C=O) groups is 1. The lowest BCUT2D eigenvalue weighted by Gasteiger charge is -2.21. The highest BCUT2D eigenvalue weighted by Gasteiger charge is 2.44. The Hall–Kier alpha value is -1.33. The summed E-state index contributed by atoms with van der Waals surface area (Å²) in [5.41, 5.74) is 2.61. The van der Waals surface area contributed by atoms with Crippen LogP contribution in [0.4, 0.5) is 5.69 Å². The molecule has 1 N–H and O–H groups in total. The molecule has 2 aliphatic rings. The number of rotatable bonds is 1. The van der Waals surface area contributed by atoms with Crippen molar-refractivity contribution in [3.63, 3.8) is 0 Å². The second-order valence-electron chi connectivity index (χ2n) is 5.47. The molecule has 1 amide bonds. The van der Waals surface area contributed by atoms with Gasteiger partial charge in [-0.2, -0.15) is 0 Å². The van der Waals surface area contributed by atoms with E-state index in [2.05, 4.69) is 5.32 Å². The molecule has 3 rings (SSSR count). The number of anilines is 1. The van der Waals surface area contributed by atoms with Crippen LogP contribution in [-0.4, -0.2) is 24.7 Å². The Morgan fingerprint density at radius 3 is 2.89 bits per heavy atom. The smallest absolute Gasteiger partial charge is 0.402 e. The van der Waals surface area contributed by atoms with E-state index in [0.29, 0.717) is 6.42 Å². The Bertz CT molecular complexity index is 515. The summed E-state index contributed by atoms with van der Waals surface area (Å²) in [6.07, 6.45) is 0.491. The largest absolute Gasteiger partial charge is 0.494 e. The number of hydrogen-bond donors (Lipinski definition) is 1. The number of amides is 1. The average molecular weight is 245 g/mol. The summed E-state index contributed by atoms with van der Waals surface area (Å²) in [5, 5.41) is 2.82. The zero-order valence-electron chi connectivity index (χ0n) is 10.8. The summed E-state index contributed by atoms with van der Waals surface area (Å²) in [4.78, 5) is 11.3. The zero-order chi connectivity index (χ0) is 12.9. The van der Waals surface area contributed by atoms with Crippen LogP contribution >= 0.6 is 0 Å². The molecule has 1 atom stereocenters. The Morgan fingerprint density at radius 2 is 2.22 bits per heavy atom. The van der Waals surface area contributed by atoms with E-state index >= 15 is 0 Å². The minimum Gasteiger partial charge on any atom is -0.402 e. The van der Waals surface area contributed by atoms with Crippen molar-refractivity contribution in [2.24, 2.45) is 0 Å². The van der Waals surface area contributed by atoms with Gasteiger partial charge >= 0.3 is 7.12 Å². The third-order valence-corrected chi connectivity index (χ3v) is 3.74. The van der Waals surface area contributed by atoms with Crippen LogP contribution in [0.3, 0.4) is 0 Å². The van der Waals surface area contributed by atoms with Crippen LogP contribution in [0, 0.1) is 0 Å². The van der Waals surface area contributed by atoms with Crippen LogP contribution in [0.25, 0.3) is 0 Å². The van der Waals surface area contributed by atoms with Crippen molar-refractivity contribution < 1.29 is 14.1 Å².